The van der Waals surface area contributed by atoms with Crippen LogP contribution in [0.3, 0.4) is 0 Å². The molecule has 2 aliphatic heterocycles. The predicted octanol–water partition coefficient (Wildman–Crippen LogP) is 4.34. The lowest BCUT2D eigenvalue weighted by Gasteiger charge is -2.30. The number of fused-ring (bicyclic) bond motifs is 3. The Balaban J connectivity index is 1.49. The van der Waals surface area contributed by atoms with Gasteiger partial charge in [0.15, 0.2) is 0 Å². The van der Waals surface area contributed by atoms with Gasteiger partial charge in [0.2, 0.25) is 0 Å². The van der Waals surface area contributed by atoms with Crippen molar-refractivity contribution in [2.24, 2.45) is 0 Å². The van der Waals surface area contributed by atoms with Crippen LogP contribution in [-0.4, -0.2) is 19.3 Å². The van der Waals surface area contributed by atoms with Crippen molar-refractivity contribution in [2.75, 3.05) is 7.11 Å². The second-order valence-corrected chi connectivity index (χ2v) is 6.44. The van der Waals surface area contributed by atoms with E-state index in [0.29, 0.717) is 0 Å². The van der Waals surface area contributed by atoms with Gasteiger partial charge >= 0.3 is 0 Å². The van der Waals surface area contributed by atoms with E-state index >= 15 is 0 Å². The van der Waals surface area contributed by atoms with Gasteiger partial charge in [-0.2, -0.15) is 0 Å². The van der Waals surface area contributed by atoms with E-state index in [-0.39, 0.29) is 18.3 Å². The molecule has 124 valence electrons. The van der Waals surface area contributed by atoms with E-state index in [9.17, 15) is 0 Å². The van der Waals surface area contributed by atoms with Crippen molar-refractivity contribution in [1.82, 2.24) is 0 Å². The first-order chi connectivity index (χ1) is 12.3. The molecule has 2 heterocycles. The maximum absolute atomic E-state index is 6.28. The van der Waals surface area contributed by atoms with Crippen molar-refractivity contribution in [1.29, 1.82) is 0 Å². The van der Waals surface area contributed by atoms with Crippen LogP contribution >= 0.6 is 0 Å². The minimum Gasteiger partial charge on any atom is -0.497 e. The van der Waals surface area contributed by atoms with Crippen LogP contribution < -0.4 is 4.74 Å². The Bertz CT molecular complexity index is 894. The molecule has 4 aliphatic rings. The molecule has 2 aliphatic carbocycles. The average molecular weight is 330 g/mol. The maximum Gasteiger partial charge on any atom is 0.142 e. The van der Waals surface area contributed by atoms with E-state index in [4.69, 9.17) is 14.2 Å². The fourth-order valence-electron chi connectivity index (χ4n) is 3.62. The monoisotopic (exact) mass is 330 g/mol. The van der Waals surface area contributed by atoms with Crippen molar-refractivity contribution in [3.05, 3.63) is 101 Å². The topological polar surface area (TPSA) is 27.7 Å². The van der Waals surface area contributed by atoms with Crippen molar-refractivity contribution in [3.8, 4) is 5.75 Å². The minimum atomic E-state index is -0.0711. The lowest BCUT2D eigenvalue weighted by Crippen LogP contribution is -2.23. The van der Waals surface area contributed by atoms with Crippen LogP contribution in [0, 0.1) is 0 Å². The Morgan fingerprint density at radius 3 is 2.64 bits per heavy atom. The highest BCUT2D eigenvalue weighted by Crippen LogP contribution is 2.42. The first-order valence-electron chi connectivity index (χ1n) is 8.49. The molecular weight excluding hydrogens is 312 g/mol. The third kappa shape index (κ3) is 2.39. The van der Waals surface area contributed by atoms with Gasteiger partial charge < -0.3 is 14.2 Å². The molecule has 3 atom stereocenters. The molecular formula is C22H18O3. The second-order valence-electron chi connectivity index (χ2n) is 6.44. The van der Waals surface area contributed by atoms with Crippen molar-refractivity contribution in [2.45, 2.75) is 18.3 Å². The Hall–Kier alpha value is -2.78. The third-order valence-electron chi connectivity index (χ3n) is 4.93. The maximum atomic E-state index is 6.28. The lowest BCUT2D eigenvalue weighted by atomic mass is 9.91. The summed E-state index contributed by atoms with van der Waals surface area (Å²) in [5, 5.41) is 0. The molecule has 0 fully saturated rings. The van der Waals surface area contributed by atoms with Gasteiger partial charge in [-0.25, -0.2) is 0 Å². The van der Waals surface area contributed by atoms with Gasteiger partial charge in [0.25, 0.3) is 0 Å². The Morgan fingerprint density at radius 1 is 0.920 bits per heavy atom. The summed E-state index contributed by atoms with van der Waals surface area (Å²) in [5.74, 6) is 1.79. The second kappa shape index (κ2) is 5.64. The van der Waals surface area contributed by atoms with Crippen LogP contribution in [0.5, 0.6) is 5.75 Å². The van der Waals surface area contributed by atoms with Gasteiger partial charge in [0, 0.05) is 11.1 Å². The van der Waals surface area contributed by atoms with Crippen molar-refractivity contribution < 1.29 is 14.2 Å². The summed E-state index contributed by atoms with van der Waals surface area (Å²) < 4.78 is 17.7. The minimum absolute atomic E-state index is 0.00293. The van der Waals surface area contributed by atoms with Crippen molar-refractivity contribution in [3.63, 3.8) is 0 Å². The molecule has 5 rings (SSSR count). The Labute approximate surface area is 146 Å². The summed E-state index contributed by atoms with van der Waals surface area (Å²) >= 11 is 0. The first kappa shape index (κ1) is 14.6. The lowest BCUT2D eigenvalue weighted by molar-refractivity contribution is 0.0775. The summed E-state index contributed by atoms with van der Waals surface area (Å²) in [5.41, 5.74) is 4.55. The van der Waals surface area contributed by atoms with Gasteiger partial charge in [-0.05, 0) is 41.5 Å². The molecule has 0 radical (unpaired) electrons. The highest BCUT2D eigenvalue weighted by atomic mass is 16.5. The zero-order chi connectivity index (χ0) is 16.8. The quantitative estimate of drug-likeness (QED) is 0.807. The Morgan fingerprint density at radius 2 is 1.80 bits per heavy atom. The number of hydrogen-bond donors (Lipinski definition) is 0. The summed E-state index contributed by atoms with van der Waals surface area (Å²) in [4.78, 5) is 0. The third-order valence-corrected chi connectivity index (χ3v) is 4.93. The molecule has 3 heteroatoms. The summed E-state index contributed by atoms with van der Waals surface area (Å²) in [6, 6.07) is 8.02. The number of benzene rings is 1. The number of ether oxygens (including phenoxy) is 3. The molecule has 0 saturated carbocycles. The Kier molecular flexibility index (Phi) is 3.28. The van der Waals surface area contributed by atoms with E-state index in [1.807, 2.05) is 36.4 Å². The molecule has 0 N–H and O–H groups in total. The van der Waals surface area contributed by atoms with Crippen LogP contribution in [0.2, 0.25) is 0 Å². The summed E-state index contributed by atoms with van der Waals surface area (Å²) in [6.07, 6.45) is 16.7. The molecule has 0 bridgehead atoms. The van der Waals surface area contributed by atoms with E-state index in [1.54, 1.807) is 7.11 Å². The van der Waals surface area contributed by atoms with Crippen molar-refractivity contribution >= 4 is 0 Å². The van der Waals surface area contributed by atoms with Gasteiger partial charge in [-0.1, -0.05) is 42.5 Å². The number of rotatable bonds is 2. The van der Waals surface area contributed by atoms with Gasteiger partial charge in [0.1, 0.15) is 29.8 Å². The van der Waals surface area contributed by atoms with Crippen LogP contribution in [0.15, 0.2) is 95.4 Å². The van der Waals surface area contributed by atoms with Gasteiger partial charge in [-0.3, -0.25) is 0 Å². The van der Waals surface area contributed by atoms with Crippen LogP contribution in [-0.2, 0) is 9.47 Å². The molecule has 1 aromatic rings. The number of allylic oxidation sites excluding steroid dienone is 5. The van der Waals surface area contributed by atoms with Gasteiger partial charge in [0.05, 0.1) is 7.11 Å². The van der Waals surface area contributed by atoms with E-state index in [1.165, 1.54) is 5.57 Å². The largest absolute Gasteiger partial charge is 0.497 e. The van der Waals surface area contributed by atoms with Gasteiger partial charge in [-0.15, -0.1) is 0 Å². The fourth-order valence-corrected chi connectivity index (χ4v) is 3.62. The van der Waals surface area contributed by atoms with Crippen LogP contribution in [0.25, 0.3) is 0 Å². The molecule has 3 unspecified atom stereocenters. The van der Waals surface area contributed by atoms with Crippen LogP contribution in [0.1, 0.15) is 11.7 Å². The molecule has 25 heavy (non-hydrogen) atoms. The van der Waals surface area contributed by atoms with Crippen LogP contribution in [0.4, 0.5) is 0 Å². The normalized spacial score (nSPS) is 28.6. The van der Waals surface area contributed by atoms with E-state index < -0.39 is 0 Å². The fraction of sp³-hybridized carbons (Fsp3) is 0.182. The number of methoxy groups -OCH3 is 1. The van der Waals surface area contributed by atoms with E-state index in [2.05, 4.69) is 36.5 Å². The number of hydrogen-bond acceptors (Lipinski definition) is 3. The zero-order valence-corrected chi connectivity index (χ0v) is 13.9. The molecule has 0 aromatic heterocycles. The zero-order valence-electron chi connectivity index (χ0n) is 13.9. The predicted molar refractivity (Wildman–Crippen MR) is 96.1 cm³/mol. The molecule has 0 amide bonds. The molecule has 0 spiro atoms. The standard InChI is InChI=1S/C22H18O3/c1-23-17-9-6-14(7-10-17)21-13-18-20(24-21)11-8-16-12-15-4-2-3-5-19(15)25-22(16)18/h2-13,19-21H,1H3. The highest BCUT2D eigenvalue weighted by molar-refractivity contribution is 5.57. The molecule has 3 nitrogen and oxygen atoms in total. The highest BCUT2D eigenvalue weighted by Gasteiger charge is 2.35. The first-order valence-corrected chi connectivity index (χ1v) is 8.49. The SMILES string of the molecule is COc1ccc(C2C=C3C4=C(C=CC3O2)C=C2C=CC=CC2O4)cc1. The average Bonchev–Trinajstić information content (AvgIpc) is 3.11. The molecule has 0 saturated heterocycles. The summed E-state index contributed by atoms with van der Waals surface area (Å²) in [6.45, 7) is 0. The smallest absolute Gasteiger partial charge is 0.142 e. The summed E-state index contributed by atoms with van der Waals surface area (Å²) in [7, 11) is 1.67. The van der Waals surface area contributed by atoms with E-state index in [0.717, 1.165) is 28.2 Å². The molecule has 1 aromatic carbocycles.